The van der Waals surface area contributed by atoms with Crippen LogP contribution in [-0.2, 0) is 0 Å². The SMILES string of the molecule is CCCCC(CCC)C(C)C(C)C(C)C. The van der Waals surface area contributed by atoms with E-state index in [1.807, 2.05) is 0 Å². The average Bonchev–Trinajstić information content (AvgIpc) is 2.22. The summed E-state index contributed by atoms with van der Waals surface area (Å²) in [5.41, 5.74) is 0. The van der Waals surface area contributed by atoms with Crippen LogP contribution in [0.5, 0.6) is 0 Å². The van der Waals surface area contributed by atoms with Crippen LogP contribution < -0.4 is 0 Å². The molecule has 0 bridgehead atoms. The van der Waals surface area contributed by atoms with Crippen molar-refractivity contribution in [3.8, 4) is 0 Å². The Morgan fingerprint density at radius 1 is 0.733 bits per heavy atom. The molecule has 0 heterocycles. The van der Waals surface area contributed by atoms with Gasteiger partial charge in [-0.25, -0.2) is 0 Å². The van der Waals surface area contributed by atoms with Gasteiger partial charge in [0.05, 0.1) is 0 Å². The zero-order valence-corrected chi connectivity index (χ0v) is 11.8. The van der Waals surface area contributed by atoms with Crippen molar-refractivity contribution in [3.63, 3.8) is 0 Å². The monoisotopic (exact) mass is 212 g/mol. The summed E-state index contributed by atoms with van der Waals surface area (Å²) in [4.78, 5) is 0. The molecule has 0 N–H and O–H groups in total. The first-order valence-electron chi connectivity index (χ1n) is 7.04. The summed E-state index contributed by atoms with van der Waals surface area (Å²) >= 11 is 0. The smallest absolute Gasteiger partial charge is 0.0386 e. The Hall–Kier alpha value is 0. The molecule has 0 spiro atoms. The molecule has 3 atom stereocenters. The molecular weight excluding hydrogens is 180 g/mol. The van der Waals surface area contributed by atoms with Crippen LogP contribution in [0.2, 0.25) is 0 Å². The molecule has 0 aromatic heterocycles. The summed E-state index contributed by atoms with van der Waals surface area (Å²) in [6.07, 6.45) is 6.99. The maximum absolute atomic E-state index is 2.47. The van der Waals surface area contributed by atoms with Gasteiger partial charge < -0.3 is 0 Å². The lowest BCUT2D eigenvalue weighted by Gasteiger charge is -2.31. The highest BCUT2D eigenvalue weighted by Gasteiger charge is 2.23. The molecule has 0 aromatic carbocycles. The van der Waals surface area contributed by atoms with Gasteiger partial charge in [0.25, 0.3) is 0 Å². The van der Waals surface area contributed by atoms with Crippen LogP contribution in [0.25, 0.3) is 0 Å². The molecule has 0 nitrogen and oxygen atoms in total. The fourth-order valence-electron chi connectivity index (χ4n) is 2.54. The molecule has 0 aromatic rings. The second-order valence-corrected chi connectivity index (χ2v) is 5.65. The third-order valence-corrected chi connectivity index (χ3v) is 4.21. The fourth-order valence-corrected chi connectivity index (χ4v) is 2.54. The highest BCUT2D eigenvalue weighted by molar-refractivity contribution is 4.73. The first-order valence-corrected chi connectivity index (χ1v) is 7.04. The van der Waals surface area contributed by atoms with Crippen molar-refractivity contribution in [3.05, 3.63) is 0 Å². The minimum Gasteiger partial charge on any atom is -0.0654 e. The van der Waals surface area contributed by atoms with E-state index in [0.29, 0.717) is 0 Å². The lowest BCUT2D eigenvalue weighted by molar-refractivity contribution is 0.189. The van der Waals surface area contributed by atoms with Gasteiger partial charge in [0.2, 0.25) is 0 Å². The molecule has 0 amide bonds. The molecule has 0 saturated heterocycles. The van der Waals surface area contributed by atoms with E-state index in [1.165, 1.54) is 32.1 Å². The van der Waals surface area contributed by atoms with Crippen LogP contribution in [0.4, 0.5) is 0 Å². The van der Waals surface area contributed by atoms with Crippen molar-refractivity contribution in [1.82, 2.24) is 0 Å². The van der Waals surface area contributed by atoms with Crippen LogP contribution in [0.3, 0.4) is 0 Å². The second-order valence-electron chi connectivity index (χ2n) is 5.65. The van der Waals surface area contributed by atoms with Gasteiger partial charge in [0.15, 0.2) is 0 Å². The van der Waals surface area contributed by atoms with E-state index < -0.39 is 0 Å². The van der Waals surface area contributed by atoms with E-state index in [4.69, 9.17) is 0 Å². The molecule has 3 unspecified atom stereocenters. The highest BCUT2D eigenvalue weighted by atomic mass is 14.3. The number of rotatable bonds is 8. The summed E-state index contributed by atoms with van der Waals surface area (Å²) in [5.74, 6) is 3.57. The predicted octanol–water partition coefficient (Wildman–Crippen LogP) is 5.52. The van der Waals surface area contributed by atoms with Gasteiger partial charge in [0.1, 0.15) is 0 Å². The minimum absolute atomic E-state index is 0.834. The minimum atomic E-state index is 0.834. The number of unbranched alkanes of at least 4 members (excludes halogenated alkanes) is 1. The molecule has 0 aliphatic carbocycles. The van der Waals surface area contributed by atoms with Crippen molar-refractivity contribution >= 4 is 0 Å². The molecule has 0 saturated carbocycles. The van der Waals surface area contributed by atoms with Gasteiger partial charge in [-0.05, 0) is 23.7 Å². The largest absolute Gasteiger partial charge is 0.0654 e. The Morgan fingerprint density at radius 2 is 1.33 bits per heavy atom. The van der Waals surface area contributed by atoms with Gasteiger partial charge in [-0.15, -0.1) is 0 Å². The Bertz CT molecular complexity index is 137. The van der Waals surface area contributed by atoms with E-state index >= 15 is 0 Å². The van der Waals surface area contributed by atoms with Crippen LogP contribution in [0, 0.1) is 23.7 Å². The van der Waals surface area contributed by atoms with Gasteiger partial charge in [-0.1, -0.05) is 73.6 Å². The molecule has 0 aliphatic heterocycles. The van der Waals surface area contributed by atoms with Crippen LogP contribution in [-0.4, -0.2) is 0 Å². The molecule has 0 heteroatoms. The Balaban J connectivity index is 4.19. The fraction of sp³-hybridized carbons (Fsp3) is 1.00. The second kappa shape index (κ2) is 8.19. The number of hydrogen-bond acceptors (Lipinski definition) is 0. The highest BCUT2D eigenvalue weighted by Crippen LogP contribution is 2.32. The molecular formula is C15H32. The average molecular weight is 212 g/mol. The van der Waals surface area contributed by atoms with Crippen molar-refractivity contribution < 1.29 is 0 Å². The van der Waals surface area contributed by atoms with Crippen molar-refractivity contribution in [2.45, 2.75) is 73.6 Å². The Morgan fingerprint density at radius 3 is 1.73 bits per heavy atom. The van der Waals surface area contributed by atoms with Gasteiger partial charge in [0, 0.05) is 0 Å². The zero-order chi connectivity index (χ0) is 11.8. The molecule has 0 rings (SSSR count). The van der Waals surface area contributed by atoms with E-state index in [-0.39, 0.29) is 0 Å². The van der Waals surface area contributed by atoms with Crippen LogP contribution in [0.15, 0.2) is 0 Å². The summed E-state index contributed by atoms with van der Waals surface area (Å²) in [6.45, 7) is 14.3. The molecule has 0 fully saturated rings. The Labute approximate surface area is 97.8 Å². The number of hydrogen-bond donors (Lipinski definition) is 0. The van der Waals surface area contributed by atoms with E-state index in [2.05, 4.69) is 41.5 Å². The first kappa shape index (κ1) is 15.0. The van der Waals surface area contributed by atoms with Crippen molar-refractivity contribution in [2.24, 2.45) is 23.7 Å². The van der Waals surface area contributed by atoms with E-state index in [0.717, 1.165) is 23.7 Å². The molecule has 15 heavy (non-hydrogen) atoms. The van der Waals surface area contributed by atoms with E-state index in [1.54, 1.807) is 0 Å². The topological polar surface area (TPSA) is 0 Å². The Kier molecular flexibility index (Phi) is 8.19. The summed E-state index contributed by atoms with van der Waals surface area (Å²) in [7, 11) is 0. The maximum Gasteiger partial charge on any atom is -0.0386 e. The molecule has 0 aliphatic rings. The van der Waals surface area contributed by atoms with Crippen molar-refractivity contribution in [2.75, 3.05) is 0 Å². The third-order valence-electron chi connectivity index (χ3n) is 4.21. The lowest BCUT2D eigenvalue weighted by atomic mass is 9.75. The van der Waals surface area contributed by atoms with Gasteiger partial charge >= 0.3 is 0 Å². The summed E-state index contributed by atoms with van der Waals surface area (Å²) in [5, 5.41) is 0. The standard InChI is InChI=1S/C15H32/c1-7-9-11-15(10-8-2)14(6)13(5)12(3)4/h12-15H,7-11H2,1-6H3. The summed E-state index contributed by atoms with van der Waals surface area (Å²) < 4.78 is 0. The summed E-state index contributed by atoms with van der Waals surface area (Å²) in [6, 6.07) is 0. The van der Waals surface area contributed by atoms with Crippen LogP contribution >= 0.6 is 0 Å². The maximum atomic E-state index is 2.47. The third kappa shape index (κ3) is 5.58. The van der Waals surface area contributed by atoms with Crippen LogP contribution in [0.1, 0.15) is 73.6 Å². The normalized spacial score (nSPS) is 17.8. The lowest BCUT2D eigenvalue weighted by Crippen LogP contribution is -2.22. The zero-order valence-electron chi connectivity index (χ0n) is 11.8. The quantitative estimate of drug-likeness (QED) is 0.497. The molecule has 0 radical (unpaired) electrons. The molecule has 92 valence electrons. The van der Waals surface area contributed by atoms with Crippen molar-refractivity contribution in [1.29, 1.82) is 0 Å². The van der Waals surface area contributed by atoms with E-state index in [9.17, 15) is 0 Å². The van der Waals surface area contributed by atoms with Gasteiger partial charge in [-0.3, -0.25) is 0 Å². The van der Waals surface area contributed by atoms with Gasteiger partial charge in [-0.2, -0.15) is 0 Å². The predicted molar refractivity (Wildman–Crippen MR) is 71.1 cm³/mol. The first-order chi connectivity index (χ1) is 7.04.